The first-order valence-corrected chi connectivity index (χ1v) is 16.3. The van der Waals surface area contributed by atoms with E-state index in [1.54, 1.807) is 0 Å². The maximum Gasteiger partial charge on any atom is 0.136 e. The molecule has 0 fully saturated rings. The predicted molar refractivity (Wildman–Crippen MR) is 200 cm³/mol. The maximum atomic E-state index is 6.37. The molecule has 0 spiro atoms. The molecule has 48 heavy (non-hydrogen) atoms. The lowest BCUT2D eigenvalue weighted by molar-refractivity contribution is 0.617. The minimum Gasteiger partial charge on any atom is -0.464 e. The van der Waals surface area contributed by atoms with Crippen LogP contribution in [-0.2, 0) is 0 Å². The lowest BCUT2D eigenvalue weighted by Crippen LogP contribution is -1.90. The van der Waals surface area contributed by atoms with Crippen molar-refractivity contribution in [1.29, 1.82) is 0 Å². The fourth-order valence-corrected chi connectivity index (χ4v) is 7.50. The van der Waals surface area contributed by atoms with Gasteiger partial charge in [0, 0.05) is 21.7 Å². The summed E-state index contributed by atoms with van der Waals surface area (Å²) in [5, 5.41) is 8.24. The summed E-state index contributed by atoms with van der Waals surface area (Å²) in [5.41, 5.74) is 12.1. The first-order chi connectivity index (χ1) is 23.8. The summed E-state index contributed by atoms with van der Waals surface area (Å²) in [6.45, 7) is 0. The number of hydrogen-bond donors (Lipinski definition) is 0. The molecule has 2 aromatic heterocycles. The summed E-state index contributed by atoms with van der Waals surface area (Å²) < 4.78 is 12.4. The third kappa shape index (κ3) is 4.13. The van der Waals surface area contributed by atoms with Crippen LogP contribution < -0.4 is 0 Å². The molecule has 2 heteroatoms. The highest BCUT2D eigenvalue weighted by atomic mass is 16.3. The minimum absolute atomic E-state index is 0.858. The van der Waals surface area contributed by atoms with E-state index in [9.17, 15) is 0 Å². The van der Waals surface area contributed by atoms with Crippen LogP contribution in [0.4, 0.5) is 0 Å². The number of benzene rings is 8. The van der Waals surface area contributed by atoms with Crippen LogP contribution in [-0.4, -0.2) is 0 Å². The van der Waals surface area contributed by atoms with Crippen molar-refractivity contribution in [2.24, 2.45) is 0 Å². The normalized spacial score (nSPS) is 11.8. The molecule has 2 heterocycles. The van der Waals surface area contributed by atoms with Crippen molar-refractivity contribution < 1.29 is 8.83 Å². The van der Waals surface area contributed by atoms with E-state index in [0.717, 1.165) is 55.2 Å². The van der Waals surface area contributed by atoms with E-state index in [1.807, 2.05) is 24.5 Å². The summed E-state index contributed by atoms with van der Waals surface area (Å²) in [4.78, 5) is 0. The first-order valence-electron chi connectivity index (χ1n) is 16.3. The number of furan rings is 2. The van der Waals surface area contributed by atoms with Gasteiger partial charge in [-0.15, -0.1) is 0 Å². The van der Waals surface area contributed by atoms with E-state index in [4.69, 9.17) is 8.83 Å². The van der Waals surface area contributed by atoms with Crippen molar-refractivity contribution in [3.8, 4) is 44.5 Å². The van der Waals surface area contributed by atoms with E-state index in [0.29, 0.717) is 0 Å². The van der Waals surface area contributed by atoms with Crippen molar-refractivity contribution >= 4 is 54.5 Å². The molecule has 2 nitrogen and oxygen atoms in total. The van der Waals surface area contributed by atoms with Crippen LogP contribution in [0.3, 0.4) is 0 Å². The molecule has 0 saturated heterocycles. The van der Waals surface area contributed by atoms with Crippen molar-refractivity contribution in [3.05, 3.63) is 170 Å². The van der Waals surface area contributed by atoms with Gasteiger partial charge >= 0.3 is 0 Å². The van der Waals surface area contributed by atoms with E-state index >= 15 is 0 Å². The van der Waals surface area contributed by atoms with Crippen LogP contribution in [0.2, 0.25) is 0 Å². The van der Waals surface area contributed by atoms with Crippen LogP contribution in [0.1, 0.15) is 0 Å². The fourth-order valence-electron chi connectivity index (χ4n) is 7.50. The average Bonchev–Trinajstić information content (AvgIpc) is 3.74. The molecule has 0 bridgehead atoms. The smallest absolute Gasteiger partial charge is 0.136 e. The molecule has 0 radical (unpaired) electrons. The van der Waals surface area contributed by atoms with Gasteiger partial charge in [0.05, 0.1) is 6.26 Å². The largest absolute Gasteiger partial charge is 0.464 e. The molecule has 0 atom stereocenters. The Kier molecular flexibility index (Phi) is 5.91. The Hall–Kier alpha value is -6.38. The highest BCUT2D eigenvalue weighted by molar-refractivity contribution is 6.21. The minimum atomic E-state index is 0.858. The Morgan fingerprint density at radius 1 is 0.292 bits per heavy atom. The fraction of sp³-hybridized carbons (Fsp3) is 0. The Bertz CT molecular complexity index is 2750. The molecule has 0 aliphatic carbocycles. The molecular formula is C46H28O2. The van der Waals surface area contributed by atoms with Gasteiger partial charge in [0.2, 0.25) is 0 Å². The van der Waals surface area contributed by atoms with E-state index in [1.165, 1.54) is 43.8 Å². The first kappa shape index (κ1) is 26.8. The van der Waals surface area contributed by atoms with Gasteiger partial charge in [-0.05, 0) is 84.8 Å². The Morgan fingerprint density at radius 3 is 1.40 bits per heavy atom. The SMILES string of the molecule is c1ccc(-c2coc3cc4c(cc23)oc2ccc(-c3ccc(-c5c6ccccc6c(-c6ccccc6)c6ccccc56)cc3)cc24)cc1. The highest BCUT2D eigenvalue weighted by Gasteiger charge is 2.17. The summed E-state index contributed by atoms with van der Waals surface area (Å²) in [5.74, 6) is 0. The zero-order chi connectivity index (χ0) is 31.6. The highest BCUT2D eigenvalue weighted by Crippen LogP contribution is 2.44. The molecule has 0 aliphatic rings. The van der Waals surface area contributed by atoms with Gasteiger partial charge in [-0.3, -0.25) is 0 Å². The molecule has 0 saturated carbocycles. The van der Waals surface area contributed by atoms with Gasteiger partial charge in [-0.1, -0.05) is 140 Å². The number of hydrogen-bond acceptors (Lipinski definition) is 2. The summed E-state index contributed by atoms with van der Waals surface area (Å²) in [6.07, 6.45) is 1.84. The second-order valence-corrected chi connectivity index (χ2v) is 12.5. The average molecular weight is 613 g/mol. The van der Waals surface area contributed by atoms with Gasteiger partial charge in [0.1, 0.15) is 16.7 Å². The van der Waals surface area contributed by atoms with Crippen molar-refractivity contribution in [2.45, 2.75) is 0 Å². The van der Waals surface area contributed by atoms with Crippen LogP contribution in [0.5, 0.6) is 0 Å². The maximum absolute atomic E-state index is 6.37. The molecule has 10 aromatic rings. The van der Waals surface area contributed by atoms with Gasteiger partial charge in [-0.25, -0.2) is 0 Å². The summed E-state index contributed by atoms with van der Waals surface area (Å²) in [7, 11) is 0. The van der Waals surface area contributed by atoms with Crippen molar-refractivity contribution in [1.82, 2.24) is 0 Å². The van der Waals surface area contributed by atoms with Gasteiger partial charge < -0.3 is 8.83 Å². The molecule has 0 amide bonds. The Morgan fingerprint density at radius 2 is 0.771 bits per heavy atom. The lowest BCUT2D eigenvalue weighted by Gasteiger charge is -2.18. The second kappa shape index (κ2) is 10.6. The Labute approximate surface area is 277 Å². The quantitative estimate of drug-likeness (QED) is 0.185. The number of fused-ring (bicyclic) bond motifs is 6. The summed E-state index contributed by atoms with van der Waals surface area (Å²) >= 11 is 0. The van der Waals surface area contributed by atoms with E-state index < -0.39 is 0 Å². The molecule has 0 N–H and O–H groups in total. The molecule has 10 rings (SSSR count). The topological polar surface area (TPSA) is 26.3 Å². The second-order valence-electron chi connectivity index (χ2n) is 12.5. The van der Waals surface area contributed by atoms with E-state index in [2.05, 4.69) is 146 Å². The van der Waals surface area contributed by atoms with Crippen LogP contribution in [0.25, 0.3) is 99.0 Å². The van der Waals surface area contributed by atoms with Crippen LogP contribution in [0, 0.1) is 0 Å². The van der Waals surface area contributed by atoms with Gasteiger partial charge in [0.25, 0.3) is 0 Å². The van der Waals surface area contributed by atoms with Crippen molar-refractivity contribution in [2.75, 3.05) is 0 Å². The zero-order valence-electron chi connectivity index (χ0n) is 26.0. The summed E-state index contributed by atoms with van der Waals surface area (Å²) in [6, 6.07) is 58.4. The molecule has 8 aromatic carbocycles. The van der Waals surface area contributed by atoms with Crippen LogP contribution >= 0.6 is 0 Å². The molecular weight excluding hydrogens is 585 g/mol. The Balaban J connectivity index is 1.09. The lowest BCUT2D eigenvalue weighted by atomic mass is 9.86. The van der Waals surface area contributed by atoms with Crippen LogP contribution in [0.15, 0.2) is 179 Å². The van der Waals surface area contributed by atoms with E-state index in [-0.39, 0.29) is 0 Å². The third-order valence-corrected chi connectivity index (χ3v) is 9.75. The predicted octanol–water partition coefficient (Wildman–Crippen LogP) is 13.3. The van der Waals surface area contributed by atoms with Crippen molar-refractivity contribution in [3.63, 3.8) is 0 Å². The van der Waals surface area contributed by atoms with Gasteiger partial charge in [0.15, 0.2) is 0 Å². The van der Waals surface area contributed by atoms with Gasteiger partial charge in [-0.2, -0.15) is 0 Å². The standard InChI is InChI=1S/C46H28O2/c1-3-11-30(12-4-1)41-28-47-43-26-39-38-25-33(23-24-42(38)48-44(39)27-40(41)43)29-19-21-32(22-20-29)46-36-17-9-7-15-34(36)45(31-13-5-2-6-14-31)35-16-8-10-18-37(35)46/h1-28H. The third-order valence-electron chi connectivity index (χ3n) is 9.75. The molecule has 0 unspecified atom stereocenters. The number of rotatable bonds is 4. The molecule has 0 aliphatic heterocycles. The molecule has 224 valence electrons. The zero-order valence-corrected chi connectivity index (χ0v) is 26.0. The monoisotopic (exact) mass is 612 g/mol.